The first-order valence-corrected chi connectivity index (χ1v) is 12.7. The zero-order chi connectivity index (χ0) is 26.4. The maximum Gasteiger partial charge on any atom is 0.163 e. The summed E-state index contributed by atoms with van der Waals surface area (Å²) < 4.78 is 17.3. The van der Waals surface area contributed by atoms with Gasteiger partial charge in [-0.1, -0.05) is 29.8 Å². The molecule has 7 heteroatoms. The van der Waals surface area contributed by atoms with Crippen molar-refractivity contribution in [2.24, 2.45) is 5.73 Å². The Morgan fingerprint density at radius 1 is 1.19 bits per heavy atom. The van der Waals surface area contributed by atoms with Gasteiger partial charge in [-0.3, -0.25) is 4.79 Å². The minimum absolute atomic E-state index is 0.0940. The number of hydrogen-bond donors (Lipinski definition) is 2. The molecule has 0 radical (unpaired) electrons. The van der Waals surface area contributed by atoms with Gasteiger partial charge in [-0.25, -0.2) is 4.98 Å². The zero-order valence-electron chi connectivity index (χ0n) is 21.8. The predicted molar refractivity (Wildman–Crippen MR) is 141 cm³/mol. The molecule has 2 atom stereocenters. The van der Waals surface area contributed by atoms with Gasteiger partial charge in [0, 0.05) is 23.1 Å². The maximum absolute atomic E-state index is 13.1. The molecule has 1 aromatic heterocycles. The van der Waals surface area contributed by atoms with E-state index in [-0.39, 0.29) is 24.7 Å². The van der Waals surface area contributed by atoms with Crippen molar-refractivity contribution in [3.05, 3.63) is 70.9 Å². The van der Waals surface area contributed by atoms with Crippen LogP contribution in [0, 0.1) is 6.92 Å². The maximum atomic E-state index is 13.1. The van der Waals surface area contributed by atoms with Gasteiger partial charge < -0.3 is 25.1 Å². The van der Waals surface area contributed by atoms with E-state index in [9.17, 15) is 9.90 Å². The van der Waals surface area contributed by atoms with Crippen LogP contribution in [0.15, 0.2) is 48.5 Å². The Hall–Kier alpha value is -3.42. The van der Waals surface area contributed by atoms with Crippen molar-refractivity contribution in [1.82, 2.24) is 4.98 Å². The van der Waals surface area contributed by atoms with Gasteiger partial charge in [0.2, 0.25) is 0 Å². The monoisotopic (exact) mass is 502 g/mol. The van der Waals surface area contributed by atoms with Crippen molar-refractivity contribution in [3.8, 4) is 28.5 Å². The van der Waals surface area contributed by atoms with Crippen molar-refractivity contribution in [1.29, 1.82) is 0 Å². The topological polar surface area (TPSA) is 104 Å². The van der Waals surface area contributed by atoms with E-state index in [4.69, 9.17) is 24.9 Å². The summed E-state index contributed by atoms with van der Waals surface area (Å²) in [7, 11) is 1.56. The summed E-state index contributed by atoms with van der Waals surface area (Å²) in [6.07, 6.45) is 2.63. The number of Topliss-reactive ketones (excluding diaryl/α,β-unsaturated/α-hetero) is 1. The zero-order valence-corrected chi connectivity index (χ0v) is 21.8. The smallest absolute Gasteiger partial charge is 0.163 e. The van der Waals surface area contributed by atoms with Crippen molar-refractivity contribution in [3.63, 3.8) is 0 Å². The summed E-state index contributed by atoms with van der Waals surface area (Å²) in [5.74, 6) is 1.73. The molecule has 37 heavy (non-hydrogen) atoms. The Morgan fingerprint density at radius 2 is 1.92 bits per heavy atom. The van der Waals surface area contributed by atoms with Crippen LogP contribution in [0.2, 0.25) is 0 Å². The SMILES string of the molecule is COc1cc(C(=O)CCC(C)(O)c2cc3c(c(-c4ccc(C)cc4)n2)OCC3(C)N)ccc1OC1CC1. The minimum atomic E-state index is -1.36. The first kappa shape index (κ1) is 25.2. The number of hydrogen-bond acceptors (Lipinski definition) is 7. The molecule has 1 fully saturated rings. The van der Waals surface area contributed by atoms with Crippen LogP contribution in [0.1, 0.15) is 66.7 Å². The van der Waals surface area contributed by atoms with Gasteiger partial charge in [-0.05, 0) is 64.3 Å². The molecular formula is C30H34N2O5. The molecule has 0 spiro atoms. The molecule has 1 aliphatic carbocycles. The lowest BCUT2D eigenvalue weighted by molar-refractivity contribution is 0.0396. The number of aryl methyl sites for hydroxylation is 1. The van der Waals surface area contributed by atoms with Gasteiger partial charge in [0.15, 0.2) is 23.0 Å². The molecule has 0 bridgehead atoms. The third kappa shape index (κ3) is 5.20. The molecule has 0 saturated heterocycles. The second kappa shape index (κ2) is 9.47. The van der Waals surface area contributed by atoms with Gasteiger partial charge in [0.1, 0.15) is 17.9 Å². The highest BCUT2D eigenvalue weighted by atomic mass is 16.5. The quantitative estimate of drug-likeness (QED) is 0.395. The number of benzene rings is 2. The Balaban J connectivity index is 1.40. The lowest BCUT2D eigenvalue weighted by Gasteiger charge is -2.25. The van der Waals surface area contributed by atoms with Gasteiger partial charge in [-0.2, -0.15) is 0 Å². The summed E-state index contributed by atoms with van der Waals surface area (Å²) in [5.41, 5.74) is 8.90. The van der Waals surface area contributed by atoms with E-state index in [1.807, 2.05) is 44.2 Å². The van der Waals surface area contributed by atoms with E-state index in [0.717, 1.165) is 29.5 Å². The van der Waals surface area contributed by atoms with Crippen molar-refractivity contribution in [2.45, 2.75) is 63.7 Å². The molecule has 5 rings (SSSR count). The average Bonchev–Trinajstić information content (AvgIpc) is 3.64. The van der Waals surface area contributed by atoms with Crippen LogP contribution in [0.4, 0.5) is 0 Å². The number of carbonyl (C=O) groups is 1. The Kier molecular flexibility index (Phi) is 6.46. The van der Waals surface area contributed by atoms with Crippen LogP contribution >= 0.6 is 0 Å². The molecule has 194 valence electrons. The van der Waals surface area contributed by atoms with Crippen LogP contribution in [-0.2, 0) is 11.1 Å². The van der Waals surface area contributed by atoms with Gasteiger partial charge >= 0.3 is 0 Å². The van der Waals surface area contributed by atoms with Gasteiger partial charge in [-0.15, -0.1) is 0 Å². The van der Waals surface area contributed by atoms with Crippen LogP contribution in [0.25, 0.3) is 11.3 Å². The summed E-state index contributed by atoms with van der Waals surface area (Å²) >= 11 is 0. The van der Waals surface area contributed by atoms with E-state index in [2.05, 4.69) is 0 Å². The lowest BCUT2D eigenvalue weighted by Crippen LogP contribution is -2.35. The molecule has 3 aromatic rings. The average molecular weight is 503 g/mol. The fourth-order valence-electron chi connectivity index (χ4n) is 4.52. The Labute approximate surface area is 217 Å². The first-order valence-electron chi connectivity index (χ1n) is 12.7. The fraction of sp³-hybridized carbons (Fsp3) is 0.400. The number of carbonyl (C=O) groups excluding carboxylic acids is 1. The highest BCUT2D eigenvalue weighted by Crippen LogP contribution is 2.44. The Morgan fingerprint density at radius 3 is 2.59 bits per heavy atom. The van der Waals surface area contributed by atoms with E-state index < -0.39 is 11.1 Å². The molecule has 1 saturated carbocycles. The molecule has 2 heterocycles. The first-order chi connectivity index (χ1) is 17.6. The highest BCUT2D eigenvalue weighted by molar-refractivity contribution is 5.96. The predicted octanol–water partition coefficient (Wildman–Crippen LogP) is 5.04. The number of pyridine rings is 1. The van der Waals surface area contributed by atoms with Crippen molar-refractivity contribution >= 4 is 5.78 Å². The van der Waals surface area contributed by atoms with Gasteiger partial charge in [0.25, 0.3) is 0 Å². The fourth-order valence-corrected chi connectivity index (χ4v) is 4.52. The number of ether oxygens (including phenoxy) is 3. The van der Waals surface area contributed by atoms with Crippen LogP contribution in [-0.4, -0.2) is 35.7 Å². The van der Waals surface area contributed by atoms with E-state index in [1.54, 1.807) is 32.2 Å². The summed E-state index contributed by atoms with van der Waals surface area (Å²) in [5, 5.41) is 11.5. The molecule has 3 N–H and O–H groups in total. The van der Waals surface area contributed by atoms with Crippen LogP contribution in [0.3, 0.4) is 0 Å². The molecule has 0 amide bonds. The Bertz CT molecular complexity index is 1330. The number of nitrogens with zero attached hydrogens (tertiary/aromatic N) is 1. The minimum Gasteiger partial charge on any atom is -0.493 e. The summed E-state index contributed by atoms with van der Waals surface area (Å²) in [6.45, 7) is 5.94. The summed E-state index contributed by atoms with van der Waals surface area (Å²) in [4.78, 5) is 17.9. The lowest BCUT2D eigenvalue weighted by atomic mass is 9.88. The molecule has 2 aromatic carbocycles. The van der Waals surface area contributed by atoms with Gasteiger partial charge in [0.05, 0.1) is 24.4 Å². The second-order valence-corrected chi connectivity index (χ2v) is 10.7. The second-order valence-electron chi connectivity index (χ2n) is 10.7. The highest BCUT2D eigenvalue weighted by Gasteiger charge is 2.38. The van der Waals surface area contributed by atoms with E-state index in [0.29, 0.717) is 40.8 Å². The number of nitrogens with two attached hydrogens (primary N) is 1. The number of methoxy groups -OCH3 is 1. The molecule has 1 aliphatic heterocycles. The van der Waals surface area contributed by atoms with Crippen LogP contribution < -0.4 is 19.9 Å². The number of aromatic nitrogens is 1. The third-order valence-electron chi connectivity index (χ3n) is 7.12. The standard InChI is InChI=1S/C30H34N2O5/c1-18-5-7-19(8-6-18)27-28-22(29(2,31)17-36-28)16-26(32-27)30(3,34)14-13-23(33)20-9-12-24(25(15-20)35-4)37-21-10-11-21/h5-9,12,15-16,21,34H,10-11,13-14,17,31H2,1-4H3. The van der Waals surface area contributed by atoms with Crippen LogP contribution in [0.5, 0.6) is 17.2 Å². The van der Waals surface area contributed by atoms with Crippen molar-refractivity contribution in [2.75, 3.05) is 13.7 Å². The molecular weight excluding hydrogens is 468 g/mol. The number of rotatable bonds is 9. The molecule has 7 nitrogen and oxygen atoms in total. The normalized spacial score (nSPS) is 20.1. The third-order valence-corrected chi connectivity index (χ3v) is 7.12. The van der Waals surface area contributed by atoms with E-state index in [1.165, 1.54) is 0 Å². The largest absolute Gasteiger partial charge is 0.493 e. The van der Waals surface area contributed by atoms with E-state index >= 15 is 0 Å². The summed E-state index contributed by atoms with van der Waals surface area (Å²) in [6, 6.07) is 15.0. The molecule has 2 aliphatic rings. The number of fused-ring (bicyclic) bond motifs is 1. The number of aliphatic hydroxyl groups is 1. The van der Waals surface area contributed by atoms with Crippen molar-refractivity contribution < 1.29 is 24.1 Å². The number of ketones is 1. The molecule has 2 unspecified atom stereocenters.